The van der Waals surface area contributed by atoms with Crippen LogP contribution in [0.15, 0.2) is 11.4 Å². The van der Waals surface area contributed by atoms with E-state index in [4.69, 9.17) is 5.11 Å². The SMILES string of the molecule is CC1(C)CCCN1Cc1cc(C#CCCO)cs1. The number of thiophene rings is 1. The van der Waals surface area contributed by atoms with E-state index in [1.807, 2.05) is 0 Å². The molecule has 0 atom stereocenters. The Bertz CT molecular complexity index is 453. The van der Waals surface area contributed by atoms with Crippen LogP contribution in [0.1, 0.15) is 43.6 Å². The largest absolute Gasteiger partial charge is 0.395 e. The minimum Gasteiger partial charge on any atom is -0.395 e. The predicted octanol–water partition coefficient (Wildman–Crippen LogP) is 2.86. The molecule has 1 N–H and O–H groups in total. The average molecular weight is 263 g/mol. The van der Waals surface area contributed by atoms with Crippen molar-refractivity contribution in [1.29, 1.82) is 0 Å². The molecule has 18 heavy (non-hydrogen) atoms. The van der Waals surface area contributed by atoms with E-state index in [0.29, 0.717) is 12.0 Å². The first kappa shape index (κ1) is 13.6. The number of aliphatic hydroxyl groups excluding tert-OH is 1. The molecule has 0 amide bonds. The van der Waals surface area contributed by atoms with Gasteiger partial charge in [-0.1, -0.05) is 11.8 Å². The third-order valence-electron chi connectivity index (χ3n) is 3.54. The molecule has 1 aromatic heterocycles. The Morgan fingerprint density at radius 1 is 1.50 bits per heavy atom. The highest BCUT2D eigenvalue weighted by atomic mass is 32.1. The summed E-state index contributed by atoms with van der Waals surface area (Å²) in [7, 11) is 0. The van der Waals surface area contributed by atoms with E-state index in [1.165, 1.54) is 24.3 Å². The van der Waals surface area contributed by atoms with E-state index in [9.17, 15) is 0 Å². The molecule has 0 aliphatic carbocycles. The predicted molar refractivity (Wildman–Crippen MR) is 76.6 cm³/mol. The Morgan fingerprint density at radius 2 is 2.33 bits per heavy atom. The zero-order valence-electron chi connectivity index (χ0n) is 11.2. The second kappa shape index (κ2) is 5.88. The van der Waals surface area contributed by atoms with E-state index >= 15 is 0 Å². The molecule has 2 heterocycles. The van der Waals surface area contributed by atoms with E-state index in [1.54, 1.807) is 11.3 Å². The van der Waals surface area contributed by atoms with E-state index in [2.05, 4.69) is 42.0 Å². The third kappa shape index (κ3) is 3.35. The lowest BCUT2D eigenvalue weighted by molar-refractivity contribution is 0.168. The summed E-state index contributed by atoms with van der Waals surface area (Å²) in [6.07, 6.45) is 3.16. The van der Waals surface area contributed by atoms with Gasteiger partial charge in [0.1, 0.15) is 0 Å². The summed E-state index contributed by atoms with van der Waals surface area (Å²) >= 11 is 1.79. The number of hydrogen-bond donors (Lipinski definition) is 1. The van der Waals surface area contributed by atoms with Crippen LogP contribution in [0.25, 0.3) is 0 Å². The maximum Gasteiger partial charge on any atom is 0.0540 e. The first-order valence-electron chi connectivity index (χ1n) is 6.54. The summed E-state index contributed by atoms with van der Waals surface area (Å²) in [6, 6.07) is 2.18. The standard InChI is InChI=1S/C15H21NOS/c1-15(2)7-5-8-16(15)11-14-10-13(12-18-14)6-3-4-9-17/h10,12,17H,4-5,7-9,11H2,1-2H3. The first-order chi connectivity index (χ1) is 8.62. The van der Waals surface area contributed by atoms with Crippen molar-refractivity contribution in [2.75, 3.05) is 13.2 Å². The molecule has 0 spiro atoms. The lowest BCUT2D eigenvalue weighted by atomic mass is 10.0. The highest BCUT2D eigenvalue weighted by Gasteiger charge is 2.31. The van der Waals surface area contributed by atoms with Gasteiger partial charge in [0.05, 0.1) is 6.61 Å². The number of hydrogen-bond acceptors (Lipinski definition) is 3. The van der Waals surface area contributed by atoms with Crippen LogP contribution in [-0.4, -0.2) is 28.7 Å². The van der Waals surface area contributed by atoms with Gasteiger partial charge in [0.2, 0.25) is 0 Å². The summed E-state index contributed by atoms with van der Waals surface area (Å²) in [6.45, 7) is 7.05. The highest BCUT2D eigenvalue weighted by Crippen LogP contribution is 2.30. The zero-order valence-corrected chi connectivity index (χ0v) is 12.0. The van der Waals surface area contributed by atoms with Gasteiger partial charge in [0, 0.05) is 34.3 Å². The van der Waals surface area contributed by atoms with Gasteiger partial charge in [-0.15, -0.1) is 11.3 Å². The molecular weight excluding hydrogens is 242 g/mol. The van der Waals surface area contributed by atoms with Crippen LogP contribution < -0.4 is 0 Å². The van der Waals surface area contributed by atoms with E-state index < -0.39 is 0 Å². The molecule has 0 bridgehead atoms. The second-order valence-corrected chi connectivity index (χ2v) is 6.41. The molecule has 1 saturated heterocycles. The van der Waals surface area contributed by atoms with Crippen molar-refractivity contribution >= 4 is 11.3 Å². The fourth-order valence-electron chi connectivity index (χ4n) is 2.39. The fraction of sp³-hybridized carbons (Fsp3) is 0.600. The second-order valence-electron chi connectivity index (χ2n) is 5.41. The maximum atomic E-state index is 8.69. The Morgan fingerprint density at radius 3 is 3.00 bits per heavy atom. The van der Waals surface area contributed by atoms with Gasteiger partial charge >= 0.3 is 0 Å². The van der Waals surface area contributed by atoms with Crippen LogP contribution in [0, 0.1) is 11.8 Å². The van der Waals surface area contributed by atoms with Gasteiger partial charge in [-0.3, -0.25) is 4.90 Å². The minimum absolute atomic E-state index is 0.145. The van der Waals surface area contributed by atoms with Gasteiger partial charge < -0.3 is 5.11 Å². The molecule has 0 saturated carbocycles. The number of rotatable bonds is 3. The normalized spacial score (nSPS) is 18.6. The third-order valence-corrected chi connectivity index (χ3v) is 4.46. The van der Waals surface area contributed by atoms with Gasteiger partial charge in [-0.25, -0.2) is 0 Å². The minimum atomic E-state index is 0.145. The Balaban J connectivity index is 1.97. The molecule has 1 fully saturated rings. The molecule has 1 aliphatic rings. The summed E-state index contributed by atoms with van der Waals surface area (Å²) in [5.74, 6) is 6.06. The Labute approximate surface area is 114 Å². The molecule has 3 heteroatoms. The summed E-state index contributed by atoms with van der Waals surface area (Å²) < 4.78 is 0. The number of nitrogens with zero attached hydrogens (tertiary/aromatic N) is 1. The van der Waals surface area contributed by atoms with Crippen LogP contribution in [0.5, 0.6) is 0 Å². The van der Waals surface area contributed by atoms with Gasteiger partial charge in [0.15, 0.2) is 0 Å². The molecule has 0 radical (unpaired) electrons. The monoisotopic (exact) mass is 263 g/mol. The van der Waals surface area contributed by atoms with Gasteiger partial charge in [-0.05, 0) is 39.3 Å². The smallest absolute Gasteiger partial charge is 0.0540 e. The average Bonchev–Trinajstić information content (AvgIpc) is 2.88. The van der Waals surface area contributed by atoms with Crippen molar-refractivity contribution in [2.24, 2.45) is 0 Å². The van der Waals surface area contributed by atoms with Crippen LogP contribution in [0.2, 0.25) is 0 Å². The van der Waals surface area contributed by atoms with Crippen molar-refractivity contribution in [2.45, 2.75) is 45.2 Å². The zero-order chi connectivity index (χ0) is 13.0. The van der Waals surface area contributed by atoms with Crippen LogP contribution in [0.3, 0.4) is 0 Å². The molecular formula is C15H21NOS. The summed E-state index contributed by atoms with van der Waals surface area (Å²) in [5, 5.41) is 10.8. The van der Waals surface area contributed by atoms with Crippen LogP contribution in [-0.2, 0) is 6.54 Å². The molecule has 98 valence electrons. The Hall–Kier alpha value is -0.820. The summed E-state index contributed by atoms with van der Waals surface area (Å²) in [4.78, 5) is 3.95. The number of likely N-dealkylation sites (tertiary alicyclic amines) is 1. The topological polar surface area (TPSA) is 23.5 Å². The fourth-order valence-corrected chi connectivity index (χ4v) is 3.22. The maximum absolute atomic E-state index is 8.69. The van der Waals surface area contributed by atoms with Crippen molar-refractivity contribution < 1.29 is 5.11 Å². The van der Waals surface area contributed by atoms with Crippen LogP contribution >= 0.6 is 11.3 Å². The molecule has 2 nitrogen and oxygen atoms in total. The highest BCUT2D eigenvalue weighted by molar-refractivity contribution is 7.10. The summed E-state index contributed by atoms with van der Waals surface area (Å²) in [5.41, 5.74) is 1.42. The lowest BCUT2D eigenvalue weighted by Crippen LogP contribution is -2.37. The molecule has 1 aliphatic heterocycles. The number of aliphatic hydroxyl groups is 1. The van der Waals surface area contributed by atoms with Gasteiger partial charge in [0.25, 0.3) is 0 Å². The molecule has 0 unspecified atom stereocenters. The quantitative estimate of drug-likeness (QED) is 0.848. The van der Waals surface area contributed by atoms with Gasteiger partial charge in [-0.2, -0.15) is 0 Å². The first-order valence-corrected chi connectivity index (χ1v) is 7.42. The Kier molecular flexibility index (Phi) is 4.45. The molecule has 0 aromatic carbocycles. The molecule has 2 rings (SSSR count). The van der Waals surface area contributed by atoms with Crippen molar-refractivity contribution in [1.82, 2.24) is 4.90 Å². The van der Waals surface area contributed by atoms with Crippen molar-refractivity contribution in [3.05, 3.63) is 21.9 Å². The van der Waals surface area contributed by atoms with E-state index in [0.717, 1.165) is 12.1 Å². The van der Waals surface area contributed by atoms with Crippen LogP contribution in [0.4, 0.5) is 0 Å². The van der Waals surface area contributed by atoms with E-state index in [-0.39, 0.29) is 6.61 Å². The van der Waals surface area contributed by atoms with Crippen molar-refractivity contribution in [3.63, 3.8) is 0 Å². The van der Waals surface area contributed by atoms with Crippen molar-refractivity contribution in [3.8, 4) is 11.8 Å². The molecule has 1 aromatic rings. The lowest BCUT2D eigenvalue weighted by Gasteiger charge is -2.31.